The minimum absolute atomic E-state index is 0.0135. The van der Waals surface area contributed by atoms with Crippen molar-refractivity contribution in [1.29, 1.82) is 0 Å². The minimum atomic E-state index is -0.196. The van der Waals surface area contributed by atoms with E-state index in [1.54, 1.807) is 4.90 Å². The third-order valence-electron chi connectivity index (χ3n) is 3.66. The van der Waals surface area contributed by atoms with E-state index in [-0.39, 0.29) is 30.4 Å². The number of nitrogens with zero attached hydrogens (tertiary/aromatic N) is 1. The summed E-state index contributed by atoms with van der Waals surface area (Å²) in [6.07, 6.45) is 2.61. The first kappa shape index (κ1) is 14.3. The molecule has 2 rings (SSSR count). The first-order valence-electron chi connectivity index (χ1n) is 7.06. The van der Waals surface area contributed by atoms with Gasteiger partial charge in [-0.25, -0.2) is 0 Å². The molecule has 2 N–H and O–H groups in total. The second kappa shape index (κ2) is 6.86. The number of hydrogen-bond donors (Lipinski definition) is 2. The van der Waals surface area contributed by atoms with Crippen molar-refractivity contribution >= 4 is 11.8 Å². The summed E-state index contributed by atoms with van der Waals surface area (Å²) in [6, 6.07) is -0.00254. The van der Waals surface area contributed by atoms with E-state index >= 15 is 0 Å². The van der Waals surface area contributed by atoms with Crippen LogP contribution in [-0.4, -0.2) is 61.6 Å². The van der Waals surface area contributed by atoms with Gasteiger partial charge in [-0.05, 0) is 32.7 Å². The molecule has 0 aromatic carbocycles. The van der Waals surface area contributed by atoms with Crippen LogP contribution in [0.15, 0.2) is 0 Å². The minimum Gasteiger partial charge on any atom is -0.381 e. The normalized spacial score (nSPS) is 26.1. The zero-order chi connectivity index (χ0) is 13.7. The molecule has 0 saturated carbocycles. The van der Waals surface area contributed by atoms with Gasteiger partial charge in [0, 0.05) is 25.8 Å². The smallest absolute Gasteiger partial charge is 0.239 e. The average molecular weight is 269 g/mol. The van der Waals surface area contributed by atoms with Gasteiger partial charge in [0.25, 0.3) is 0 Å². The Balaban J connectivity index is 1.81. The summed E-state index contributed by atoms with van der Waals surface area (Å²) < 4.78 is 5.25. The molecule has 0 aromatic rings. The Morgan fingerprint density at radius 2 is 2.21 bits per heavy atom. The van der Waals surface area contributed by atoms with Gasteiger partial charge in [-0.3, -0.25) is 9.59 Å². The molecule has 0 aliphatic carbocycles. The van der Waals surface area contributed by atoms with Gasteiger partial charge in [-0.2, -0.15) is 0 Å². The number of ether oxygens (including phenoxy) is 1. The lowest BCUT2D eigenvalue weighted by molar-refractivity contribution is -0.137. The number of hydrogen-bond acceptors (Lipinski definition) is 4. The van der Waals surface area contributed by atoms with Crippen LogP contribution >= 0.6 is 0 Å². The van der Waals surface area contributed by atoms with Crippen LogP contribution in [0.5, 0.6) is 0 Å². The highest BCUT2D eigenvalue weighted by Crippen LogP contribution is 2.07. The van der Waals surface area contributed by atoms with Gasteiger partial charge in [0.05, 0.1) is 12.6 Å². The molecule has 0 spiro atoms. The predicted molar refractivity (Wildman–Crippen MR) is 70.6 cm³/mol. The Kier molecular flexibility index (Phi) is 5.15. The standard InChI is InChI=1S/C13H23N3O3/c1-10-13(18)16(6-2-5-14-10)9-12(17)15-11-3-7-19-8-4-11/h10-11,14H,2-9H2,1H3,(H,15,17). The summed E-state index contributed by atoms with van der Waals surface area (Å²) in [5.41, 5.74) is 0. The van der Waals surface area contributed by atoms with Crippen molar-refractivity contribution in [3.8, 4) is 0 Å². The quantitative estimate of drug-likeness (QED) is 0.724. The molecule has 108 valence electrons. The third-order valence-corrected chi connectivity index (χ3v) is 3.66. The lowest BCUT2D eigenvalue weighted by Gasteiger charge is -2.26. The highest BCUT2D eigenvalue weighted by atomic mass is 16.5. The number of nitrogens with one attached hydrogen (secondary N) is 2. The van der Waals surface area contributed by atoms with E-state index in [1.807, 2.05) is 6.92 Å². The van der Waals surface area contributed by atoms with Crippen LogP contribution in [0.2, 0.25) is 0 Å². The predicted octanol–water partition coefficient (Wildman–Crippen LogP) is -0.508. The fraction of sp³-hybridized carbons (Fsp3) is 0.846. The molecule has 1 unspecified atom stereocenters. The monoisotopic (exact) mass is 269 g/mol. The maximum absolute atomic E-state index is 12.0. The summed E-state index contributed by atoms with van der Waals surface area (Å²) in [5, 5.41) is 6.13. The Morgan fingerprint density at radius 1 is 1.47 bits per heavy atom. The topological polar surface area (TPSA) is 70.7 Å². The van der Waals surface area contributed by atoms with Gasteiger partial charge in [0.2, 0.25) is 11.8 Å². The zero-order valence-electron chi connectivity index (χ0n) is 11.5. The van der Waals surface area contributed by atoms with Crippen molar-refractivity contribution in [3.63, 3.8) is 0 Å². The Hall–Kier alpha value is -1.14. The zero-order valence-corrected chi connectivity index (χ0v) is 11.5. The second-order valence-electron chi connectivity index (χ2n) is 5.24. The maximum Gasteiger partial charge on any atom is 0.239 e. The third kappa shape index (κ3) is 4.18. The molecule has 2 aliphatic rings. The molecule has 2 saturated heterocycles. The molecule has 19 heavy (non-hydrogen) atoms. The lowest BCUT2D eigenvalue weighted by atomic mass is 10.1. The van der Waals surface area contributed by atoms with E-state index in [0.29, 0.717) is 19.8 Å². The lowest BCUT2D eigenvalue weighted by Crippen LogP contribution is -2.48. The molecule has 0 radical (unpaired) electrons. The highest BCUT2D eigenvalue weighted by Gasteiger charge is 2.25. The van der Waals surface area contributed by atoms with Gasteiger partial charge < -0.3 is 20.3 Å². The van der Waals surface area contributed by atoms with Crippen molar-refractivity contribution in [2.75, 3.05) is 32.8 Å². The number of carbonyl (C=O) groups is 2. The molecule has 6 nitrogen and oxygen atoms in total. The number of carbonyl (C=O) groups excluding carboxylic acids is 2. The average Bonchev–Trinajstić information content (AvgIpc) is 2.55. The fourth-order valence-electron chi connectivity index (χ4n) is 2.51. The van der Waals surface area contributed by atoms with Crippen LogP contribution in [0.3, 0.4) is 0 Å². The largest absolute Gasteiger partial charge is 0.381 e. The van der Waals surface area contributed by atoms with Gasteiger partial charge in [-0.1, -0.05) is 0 Å². The summed E-state index contributed by atoms with van der Waals surface area (Å²) in [6.45, 7) is 4.89. The van der Waals surface area contributed by atoms with E-state index in [9.17, 15) is 9.59 Å². The van der Waals surface area contributed by atoms with Crippen molar-refractivity contribution < 1.29 is 14.3 Å². The van der Waals surface area contributed by atoms with E-state index < -0.39 is 0 Å². The summed E-state index contributed by atoms with van der Waals surface area (Å²) >= 11 is 0. The molecule has 0 bridgehead atoms. The molecule has 2 amide bonds. The van der Waals surface area contributed by atoms with Crippen LogP contribution in [0.1, 0.15) is 26.2 Å². The molecular weight excluding hydrogens is 246 g/mol. The van der Waals surface area contributed by atoms with Crippen LogP contribution < -0.4 is 10.6 Å². The second-order valence-corrected chi connectivity index (χ2v) is 5.24. The number of amides is 2. The van der Waals surface area contributed by atoms with Gasteiger partial charge in [0.15, 0.2) is 0 Å². The van der Waals surface area contributed by atoms with Gasteiger partial charge >= 0.3 is 0 Å². The summed E-state index contributed by atoms with van der Waals surface area (Å²) in [7, 11) is 0. The highest BCUT2D eigenvalue weighted by molar-refractivity contribution is 5.87. The SMILES string of the molecule is CC1NCCCN(CC(=O)NC2CCOCC2)C1=O. The molecular formula is C13H23N3O3. The van der Waals surface area contributed by atoms with Crippen LogP contribution in [0, 0.1) is 0 Å². The van der Waals surface area contributed by atoms with Crippen molar-refractivity contribution in [2.24, 2.45) is 0 Å². The Labute approximate surface area is 113 Å². The molecule has 1 atom stereocenters. The Morgan fingerprint density at radius 3 is 2.95 bits per heavy atom. The van der Waals surface area contributed by atoms with Gasteiger partial charge in [-0.15, -0.1) is 0 Å². The Bertz CT molecular complexity index is 329. The first-order chi connectivity index (χ1) is 9.16. The van der Waals surface area contributed by atoms with Crippen LogP contribution in [0.4, 0.5) is 0 Å². The summed E-state index contributed by atoms with van der Waals surface area (Å²) in [4.78, 5) is 25.7. The van der Waals surface area contributed by atoms with Crippen molar-refractivity contribution in [3.05, 3.63) is 0 Å². The molecule has 2 fully saturated rings. The van der Waals surface area contributed by atoms with Crippen LogP contribution in [0.25, 0.3) is 0 Å². The molecule has 0 aromatic heterocycles. The molecule has 2 heterocycles. The van der Waals surface area contributed by atoms with Gasteiger partial charge in [0.1, 0.15) is 0 Å². The van der Waals surface area contributed by atoms with E-state index in [2.05, 4.69) is 10.6 Å². The van der Waals surface area contributed by atoms with E-state index in [1.165, 1.54) is 0 Å². The first-order valence-corrected chi connectivity index (χ1v) is 7.06. The summed E-state index contributed by atoms with van der Waals surface area (Å²) in [5.74, 6) is -0.0472. The van der Waals surface area contributed by atoms with E-state index in [4.69, 9.17) is 4.74 Å². The van der Waals surface area contributed by atoms with Crippen LogP contribution in [-0.2, 0) is 14.3 Å². The molecule has 6 heteroatoms. The number of rotatable bonds is 3. The van der Waals surface area contributed by atoms with Crippen molar-refractivity contribution in [2.45, 2.75) is 38.3 Å². The fourth-order valence-corrected chi connectivity index (χ4v) is 2.51. The van der Waals surface area contributed by atoms with Crippen molar-refractivity contribution in [1.82, 2.24) is 15.5 Å². The van der Waals surface area contributed by atoms with E-state index in [0.717, 1.165) is 25.8 Å². The molecule has 2 aliphatic heterocycles. The maximum atomic E-state index is 12.0.